The van der Waals surface area contributed by atoms with Gasteiger partial charge in [-0.25, -0.2) is 4.79 Å². The maximum Gasteiger partial charge on any atom is 0.315 e. The summed E-state index contributed by atoms with van der Waals surface area (Å²) in [4.78, 5) is 11.6. The van der Waals surface area contributed by atoms with Gasteiger partial charge < -0.3 is 16.0 Å². The average Bonchev–Trinajstić information content (AvgIpc) is 2.88. The molecule has 18 heavy (non-hydrogen) atoms. The van der Waals surface area contributed by atoms with Crippen LogP contribution < -0.4 is 16.0 Å². The largest absolute Gasteiger partial charge is 0.337 e. The summed E-state index contributed by atoms with van der Waals surface area (Å²) in [7, 11) is 0. The molecule has 2 rings (SSSR count). The highest BCUT2D eigenvalue weighted by atomic mass is 79.9. The van der Waals surface area contributed by atoms with Crippen LogP contribution in [0.1, 0.15) is 18.4 Å². The van der Waals surface area contributed by atoms with Crippen molar-refractivity contribution in [2.45, 2.75) is 25.4 Å². The Morgan fingerprint density at radius 2 is 2.22 bits per heavy atom. The molecule has 1 aromatic rings. The Balaban J connectivity index is 1.69. The van der Waals surface area contributed by atoms with E-state index in [1.807, 2.05) is 24.3 Å². The van der Waals surface area contributed by atoms with Crippen LogP contribution in [0.2, 0.25) is 0 Å². The molecular weight excluding hydrogens is 294 g/mol. The molecule has 1 aromatic carbocycles. The summed E-state index contributed by atoms with van der Waals surface area (Å²) in [6.07, 6.45) is 2.34. The molecule has 1 atom stereocenters. The minimum Gasteiger partial charge on any atom is -0.337 e. The van der Waals surface area contributed by atoms with Crippen molar-refractivity contribution in [1.82, 2.24) is 16.0 Å². The Bertz CT molecular complexity index is 405. The molecule has 0 aromatic heterocycles. The highest BCUT2D eigenvalue weighted by Crippen LogP contribution is 2.15. The van der Waals surface area contributed by atoms with Crippen molar-refractivity contribution in [2.24, 2.45) is 0 Å². The zero-order valence-corrected chi connectivity index (χ0v) is 11.8. The summed E-state index contributed by atoms with van der Waals surface area (Å²) in [6.45, 7) is 2.29. The van der Waals surface area contributed by atoms with Gasteiger partial charge in [-0.2, -0.15) is 0 Å². The Morgan fingerprint density at radius 3 is 2.94 bits per heavy atom. The molecule has 1 saturated heterocycles. The minimum absolute atomic E-state index is 0.112. The number of benzene rings is 1. The van der Waals surface area contributed by atoms with Crippen LogP contribution in [0, 0.1) is 0 Å². The standard InChI is InChI=1S/C13H18BrN3O/c14-12-6-2-1-4-10(12)8-16-13(18)17-9-11-5-3-7-15-11/h1-2,4,6,11,15H,3,5,7-9H2,(H2,16,17,18). The molecule has 0 saturated carbocycles. The van der Waals surface area contributed by atoms with Crippen molar-refractivity contribution in [3.8, 4) is 0 Å². The van der Waals surface area contributed by atoms with Gasteiger partial charge in [-0.15, -0.1) is 0 Å². The van der Waals surface area contributed by atoms with Gasteiger partial charge in [0.1, 0.15) is 0 Å². The van der Waals surface area contributed by atoms with Crippen molar-refractivity contribution in [2.75, 3.05) is 13.1 Å². The summed E-state index contributed by atoms with van der Waals surface area (Å²) in [5.41, 5.74) is 1.08. The number of hydrogen-bond acceptors (Lipinski definition) is 2. The zero-order valence-electron chi connectivity index (χ0n) is 10.2. The normalized spacial score (nSPS) is 18.6. The molecule has 0 bridgehead atoms. The second-order valence-electron chi connectivity index (χ2n) is 4.45. The number of urea groups is 1. The molecule has 5 heteroatoms. The van der Waals surface area contributed by atoms with Gasteiger partial charge in [0.05, 0.1) is 0 Å². The molecule has 1 unspecified atom stereocenters. The van der Waals surface area contributed by atoms with E-state index in [0.29, 0.717) is 19.1 Å². The molecule has 1 fully saturated rings. The first-order valence-corrected chi connectivity index (χ1v) is 7.03. The van der Waals surface area contributed by atoms with E-state index in [9.17, 15) is 4.79 Å². The van der Waals surface area contributed by atoms with Gasteiger partial charge in [-0.3, -0.25) is 0 Å². The van der Waals surface area contributed by atoms with Gasteiger partial charge in [-0.1, -0.05) is 34.1 Å². The second-order valence-corrected chi connectivity index (χ2v) is 5.30. The van der Waals surface area contributed by atoms with Gasteiger partial charge in [0.15, 0.2) is 0 Å². The first-order valence-electron chi connectivity index (χ1n) is 6.24. The van der Waals surface area contributed by atoms with Crippen molar-refractivity contribution in [3.05, 3.63) is 34.3 Å². The lowest BCUT2D eigenvalue weighted by atomic mass is 10.2. The van der Waals surface area contributed by atoms with E-state index in [2.05, 4.69) is 31.9 Å². The molecule has 1 aliphatic heterocycles. The molecule has 0 aliphatic carbocycles. The van der Waals surface area contributed by atoms with Crippen LogP contribution in [0.3, 0.4) is 0 Å². The van der Waals surface area contributed by atoms with Crippen molar-refractivity contribution < 1.29 is 4.79 Å². The van der Waals surface area contributed by atoms with E-state index in [1.54, 1.807) is 0 Å². The van der Waals surface area contributed by atoms with Crippen LogP contribution in [0.25, 0.3) is 0 Å². The van der Waals surface area contributed by atoms with Crippen LogP contribution in [-0.2, 0) is 6.54 Å². The zero-order chi connectivity index (χ0) is 12.8. The third-order valence-electron chi connectivity index (χ3n) is 3.07. The van der Waals surface area contributed by atoms with E-state index >= 15 is 0 Å². The fourth-order valence-corrected chi connectivity index (χ4v) is 2.45. The highest BCUT2D eigenvalue weighted by molar-refractivity contribution is 9.10. The predicted octanol–water partition coefficient (Wildman–Crippen LogP) is 2.00. The Kier molecular flexibility index (Phi) is 5.01. The molecule has 98 valence electrons. The smallest absolute Gasteiger partial charge is 0.315 e. The third-order valence-corrected chi connectivity index (χ3v) is 3.84. The van der Waals surface area contributed by atoms with Gasteiger partial charge >= 0.3 is 6.03 Å². The second kappa shape index (κ2) is 6.75. The summed E-state index contributed by atoms with van der Waals surface area (Å²) in [5, 5.41) is 9.09. The van der Waals surface area contributed by atoms with Gasteiger partial charge in [0.25, 0.3) is 0 Å². The van der Waals surface area contributed by atoms with Crippen LogP contribution in [0.15, 0.2) is 28.7 Å². The van der Waals surface area contributed by atoms with Gasteiger partial charge in [-0.05, 0) is 31.0 Å². The lowest BCUT2D eigenvalue weighted by molar-refractivity contribution is 0.239. The molecule has 1 heterocycles. The SMILES string of the molecule is O=C(NCc1ccccc1Br)NCC1CCCN1. The minimum atomic E-state index is -0.112. The van der Waals surface area contributed by atoms with E-state index < -0.39 is 0 Å². The van der Waals surface area contributed by atoms with Crippen LogP contribution in [0.4, 0.5) is 4.79 Å². The number of rotatable bonds is 4. The number of carbonyl (C=O) groups excluding carboxylic acids is 1. The van der Waals surface area contributed by atoms with Gasteiger partial charge in [0, 0.05) is 23.6 Å². The molecule has 0 spiro atoms. The van der Waals surface area contributed by atoms with E-state index in [4.69, 9.17) is 0 Å². The number of carbonyl (C=O) groups is 1. The quantitative estimate of drug-likeness (QED) is 0.796. The van der Waals surface area contributed by atoms with Crippen LogP contribution >= 0.6 is 15.9 Å². The number of nitrogens with one attached hydrogen (secondary N) is 3. The molecule has 0 radical (unpaired) electrons. The average molecular weight is 312 g/mol. The Labute approximate surface area is 116 Å². The number of amides is 2. The molecule has 4 nitrogen and oxygen atoms in total. The van der Waals surface area contributed by atoms with Gasteiger partial charge in [0.2, 0.25) is 0 Å². The predicted molar refractivity (Wildman–Crippen MR) is 75.4 cm³/mol. The van der Waals surface area contributed by atoms with Crippen molar-refractivity contribution in [3.63, 3.8) is 0 Å². The third kappa shape index (κ3) is 3.99. The summed E-state index contributed by atoms with van der Waals surface area (Å²) in [6, 6.07) is 8.19. The Hall–Kier alpha value is -1.07. The van der Waals surface area contributed by atoms with E-state index in [-0.39, 0.29) is 6.03 Å². The lowest BCUT2D eigenvalue weighted by Crippen LogP contribution is -2.42. The molecular formula is C13H18BrN3O. The summed E-state index contributed by atoms with van der Waals surface area (Å²) < 4.78 is 1.02. The van der Waals surface area contributed by atoms with E-state index in [0.717, 1.165) is 23.0 Å². The molecule has 1 aliphatic rings. The topological polar surface area (TPSA) is 53.2 Å². The maximum absolute atomic E-state index is 11.6. The number of hydrogen-bond donors (Lipinski definition) is 3. The summed E-state index contributed by atoms with van der Waals surface area (Å²) >= 11 is 3.46. The Morgan fingerprint density at radius 1 is 1.39 bits per heavy atom. The molecule has 3 N–H and O–H groups in total. The maximum atomic E-state index is 11.6. The first kappa shape index (κ1) is 13.4. The van der Waals surface area contributed by atoms with Crippen LogP contribution in [0.5, 0.6) is 0 Å². The first-order chi connectivity index (χ1) is 8.75. The lowest BCUT2D eigenvalue weighted by Gasteiger charge is -2.12. The fourth-order valence-electron chi connectivity index (χ4n) is 2.03. The van der Waals surface area contributed by atoms with Crippen LogP contribution in [-0.4, -0.2) is 25.2 Å². The molecule has 2 amide bonds. The highest BCUT2D eigenvalue weighted by Gasteiger charge is 2.14. The fraction of sp³-hybridized carbons (Fsp3) is 0.462. The number of halogens is 1. The van der Waals surface area contributed by atoms with Crippen molar-refractivity contribution >= 4 is 22.0 Å². The van der Waals surface area contributed by atoms with Crippen molar-refractivity contribution in [1.29, 1.82) is 0 Å². The van der Waals surface area contributed by atoms with E-state index in [1.165, 1.54) is 6.42 Å². The summed E-state index contributed by atoms with van der Waals surface area (Å²) in [5.74, 6) is 0. The monoisotopic (exact) mass is 311 g/mol.